The summed E-state index contributed by atoms with van der Waals surface area (Å²) in [6.07, 6.45) is 1.98. The molecular weight excluding hydrogens is 612 g/mol. The van der Waals surface area contributed by atoms with Gasteiger partial charge >= 0.3 is 12.0 Å². The lowest BCUT2D eigenvalue weighted by Gasteiger charge is -2.22. The third kappa shape index (κ3) is 10.2. The van der Waals surface area contributed by atoms with Crippen molar-refractivity contribution in [3.05, 3.63) is 56.5 Å². The molecule has 0 heterocycles. The van der Waals surface area contributed by atoms with Gasteiger partial charge in [0, 0.05) is 13.0 Å². The number of carbonyl (C=O) groups excluding carboxylic acids is 2. The molecule has 0 radical (unpaired) electrons. The third-order valence-electron chi connectivity index (χ3n) is 5.53. The second-order valence-electron chi connectivity index (χ2n) is 8.35. The zero-order chi connectivity index (χ0) is 27.4. The van der Waals surface area contributed by atoms with Crippen LogP contribution in [0.5, 0.6) is 11.5 Å². The summed E-state index contributed by atoms with van der Waals surface area (Å²) in [7, 11) is 1.58. The number of aromatic hydroxyl groups is 1. The molecule has 10 nitrogen and oxygen atoms in total. The highest BCUT2D eigenvalue weighted by molar-refractivity contribution is 9.11. The second-order valence-corrected chi connectivity index (χ2v) is 10.1. The molecule has 2 atom stereocenters. The number of nitrogens with one attached hydrogen (secondary N) is 3. The van der Waals surface area contributed by atoms with E-state index in [-0.39, 0.29) is 18.6 Å². The molecule has 0 bridgehead atoms. The molecule has 7 N–H and O–H groups in total. The van der Waals surface area contributed by atoms with Gasteiger partial charge in [-0.05, 0) is 99.5 Å². The molecule has 0 unspecified atom stereocenters. The van der Waals surface area contributed by atoms with Gasteiger partial charge in [-0.15, -0.1) is 0 Å². The van der Waals surface area contributed by atoms with E-state index in [1.807, 2.05) is 24.3 Å². The second kappa shape index (κ2) is 15.4. The topological polar surface area (TPSA) is 163 Å². The van der Waals surface area contributed by atoms with Crippen LogP contribution in [0.3, 0.4) is 0 Å². The number of rotatable bonds is 14. The molecule has 0 aliphatic carbocycles. The average Bonchev–Trinajstić information content (AvgIpc) is 2.86. The van der Waals surface area contributed by atoms with E-state index in [4.69, 9.17) is 10.5 Å². The fourth-order valence-corrected chi connectivity index (χ4v) is 4.84. The number of carbonyl (C=O) groups is 3. The average molecular weight is 644 g/mol. The maximum Gasteiger partial charge on any atom is 0.326 e. The number of methoxy groups -OCH3 is 1. The molecule has 3 amide bonds. The first-order valence-corrected chi connectivity index (χ1v) is 13.3. The van der Waals surface area contributed by atoms with Gasteiger partial charge in [0.2, 0.25) is 5.91 Å². The SMILES string of the molecule is COc1cccc(CCNC(=O)N[C@H](Cc2cc(Br)c(O)c(Br)c2)C(=O)N[C@@H](CCCCN)C(=O)O)c1. The van der Waals surface area contributed by atoms with Crippen LogP contribution in [-0.2, 0) is 22.4 Å². The lowest BCUT2D eigenvalue weighted by Crippen LogP contribution is -2.54. The Labute approximate surface area is 232 Å². The zero-order valence-electron chi connectivity index (χ0n) is 20.4. The van der Waals surface area contributed by atoms with E-state index >= 15 is 0 Å². The van der Waals surface area contributed by atoms with Crippen LogP contribution in [0.2, 0.25) is 0 Å². The van der Waals surface area contributed by atoms with E-state index in [2.05, 4.69) is 47.8 Å². The van der Waals surface area contributed by atoms with Crippen molar-refractivity contribution >= 4 is 49.8 Å². The van der Waals surface area contributed by atoms with Crippen molar-refractivity contribution in [2.45, 2.75) is 44.2 Å². The monoisotopic (exact) mass is 642 g/mol. The van der Waals surface area contributed by atoms with Gasteiger partial charge in [0.1, 0.15) is 23.6 Å². The Morgan fingerprint density at radius 2 is 1.73 bits per heavy atom. The number of aliphatic carboxylic acids is 1. The molecule has 0 spiro atoms. The number of carboxylic acids is 1. The van der Waals surface area contributed by atoms with Crippen LogP contribution in [0.1, 0.15) is 30.4 Å². The van der Waals surface area contributed by atoms with Crippen molar-refractivity contribution in [2.75, 3.05) is 20.2 Å². The largest absolute Gasteiger partial charge is 0.506 e. The first-order valence-electron chi connectivity index (χ1n) is 11.7. The van der Waals surface area contributed by atoms with Gasteiger partial charge in [-0.3, -0.25) is 4.79 Å². The fourth-order valence-electron chi connectivity index (χ4n) is 3.56. The Kier molecular flexibility index (Phi) is 12.7. The van der Waals surface area contributed by atoms with Crippen molar-refractivity contribution in [3.63, 3.8) is 0 Å². The van der Waals surface area contributed by atoms with Gasteiger partial charge in [-0.2, -0.15) is 0 Å². The standard InChI is InChI=1S/C25H32Br2N4O6/c1-37-17-6-4-5-15(11-17)8-10-29-25(36)31-21(14-16-12-18(26)22(32)19(27)13-16)23(33)30-20(24(34)35)7-2-3-9-28/h4-6,11-13,20-21,32H,2-3,7-10,14,28H2,1H3,(H,30,33)(H,34,35)(H2,29,31,36)/t20-,21+/m0/s1. The minimum Gasteiger partial charge on any atom is -0.506 e. The van der Waals surface area contributed by atoms with Gasteiger partial charge < -0.3 is 36.6 Å². The molecule has 0 fully saturated rings. The first-order chi connectivity index (χ1) is 17.6. The quantitative estimate of drug-likeness (QED) is 0.172. The van der Waals surface area contributed by atoms with Crippen molar-refractivity contribution < 1.29 is 29.3 Å². The molecule has 12 heteroatoms. The highest BCUT2D eigenvalue weighted by Crippen LogP contribution is 2.33. The molecule has 2 rings (SSSR count). The van der Waals surface area contributed by atoms with E-state index in [0.717, 1.165) is 5.56 Å². The number of ether oxygens (including phenoxy) is 1. The molecule has 2 aromatic carbocycles. The van der Waals surface area contributed by atoms with Crippen molar-refractivity contribution in [3.8, 4) is 11.5 Å². The Balaban J connectivity index is 2.10. The highest BCUT2D eigenvalue weighted by atomic mass is 79.9. The molecule has 0 saturated carbocycles. The minimum atomic E-state index is -1.16. The molecule has 202 valence electrons. The number of amides is 3. The van der Waals surface area contributed by atoms with Crippen LogP contribution in [-0.4, -0.2) is 60.4 Å². The Bertz CT molecular complexity index is 1060. The van der Waals surface area contributed by atoms with Crippen LogP contribution in [0.15, 0.2) is 45.3 Å². The van der Waals surface area contributed by atoms with Crippen molar-refractivity contribution in [1.29, 1.82) is 0 Å². The number of carboxylic acid groups (broad SMARTS) is 1. The molecule has 0 aromatic heterocycles. The minimum absolute atomic E-state index is 0.00107. The summed E-state index contributed by atoms with van der Waals surface area (Å²) in [5.41, 5.74) is 7.08. The normalized spacial score (nSPS) is 12.3. The van der Waals surface area contributed by atoms with Gasteiger partial charge in [-0.1, -0.05) is 12.1 Å². The van der Waals surface area contributed by atoms with Crippen molar-refractivity contribution in [1.82, 2.24) is 16.0 Å². The van der Waals surface area contributed by atoms with Gasteiger partial charge in [0.25, 0.3) is 0 Å². The summed E-state index contributed by atoms with van der Waals surface area (Å²) in [5, 5.41) is 27.4. The Morgan fingerprint density at radius 3 is 2.35 bits per heavy atom. The molecule has 37 heavy (non-hydrogen) atoms. The summed E-state index contributed by atoms with van der Waals surface area (Å²) in [4.78, 5) is 37.5. The number of unbranched alkanes of at least 4 members (excludes halogenated alkanes) is 1. The zero-order valence-corrected chi connectivity index (χ0v) is 23.6. The van der Waals surface area contributed by atoms with Gasteiger partial charge in [0.05, 0.1) is 16.1 Å². The number of hydrogen-bond acceptors (Lipinski definition) is 6. The number of phenolic OH excluding ortho intramolecular Hbond substituents is 1. The predicted octanol–water partition coefficient (Wildman–Crippen LogP) is 3.08. The van der Waals surface area contributed by atoms with E-state index in [1.165, 1.54) is 0 Å². The molecule has 0 saturated heterocycles. The van der Waals surface area contributed by atoms with Crippen LogP contribution >= 0.6 is 31.9 Å². The van der Waals surface area contributed by atoms with Crippen LogP contribution in [0.4, 0.5) is 4.79 Å². The van der Waals surface area contributed by atoms with Crippen molar-refractivity contribution in [2.24, 2.45) is 5.73 Å². The van der Waals surface area contributed by atoms with E-state index < -0.39 is 30.0 Å². The lowest BCUT2D eigenvalue weighted by atomic mass is 10.0. The lowest BCUT2D eigenvalue weighted by molar-refractivity contribution is -0.142. The third-order valence-corrected chi connectivity index (χ3v) is 6.74. The number of halogens is 2. The first kappa shape index (κ1) is 30.4. The molecular formula is C25H32Br2N4O6. The summed E-state index contributed by atoms with van der Waals surface area (Å²) < 4.78 is 6.02. The van der Waals surface area contributed by atoms with E-state index in [9.17, 15) is 24.6 Å². The predicted molar refractivity (Wildman–Crippen MR) is 147 cm³/mol. The Morgan fingerprint density at radius 1 is 1.03 bits per heavy atom. The number of hydrogen-bond donors (Lipinski definition) is 6. The number of nitrogens with two attached hydrogens (primary N) is 1. The number of urea groups is 1. The molecule has 0 aliphatic rings. The fraction of sp³-hybridized carbons (Fsp3) is 0.400. The van der Waals surface area contributed by atoms with Crippen LogP contribution in [0.25, 0.3) is 0 Å². The number of phenols is 1. The highest BCUT2D eigenvalue weighted by Gasteiger charge is 2.27. The maximum atomic E-state index is 13.1. The van der Waals surface area contributed by atoms with Crippen LogP contribution < -0.4 is 26.4 Å². The summed E-state index contributed by atoms with van der Waals surface area (Å²) >= 11 is 6.52. The summed E-state index contributed by atoms with van der Waals surface area (Å²) in [6.45, 7) is 0.728. The van der Waals surface area contributed by atoms with E-state index in [1.54, 1.807) is 19.2 Å². The molecule has 0 aliphatic heterocycles. The summed E-state index contributed by atoms with van der Waals surface area (Å²) in [5.74, 6) is -1.09. The smallest absolute Gasteiger partial charge is 0.326 e. The maximum absolute atomic E-state index is 13.1. The van der Waals surface area contributed by atoms with Gasteiger partial charge in [0.15, 0.2) is 0 Å². The number of benzene rings is 2. The molecule has 2 aromatic rings. The van der Waals surface area contributed by atoms with E-state index in [0.29, 0.717) is 52.6 Å². The van der Waals surface area contributed by atoms with Gasteiger partial charge in [-0.25, -0.2) is 9.59 Å². The van der Waals surface area contributed by atoms with Crippen LogP contribution in [0, 0.1) is 0 Å². The summed E-state index contributed by atoms with van der Waals surface area (Å²) in [6, 6.07) is 7.95. The Hall–Kier alpha value is -2.83.